The van der Waals surface area contributed by atoms with Crippen molar-refractivity contribution in [3.63, 3.8) is 0 Å². The minimum atomic E-state index is -2.00. The molecule has 0 aliphatic heterocycles. The molecule has 0 aromatic heterocycles. The molecule has 0 amide bonds. The van der Waals surface area contributed by atoms with Crippen LogP contribution in [0.4, 0.5) is 0 Å². The smallest absolute Gasteiger partial charge is 0 e. The third-order valence-electron chi connectivity index (χ3n) is 0. The predicted molar refractivity (Wildman–Crippen MR) is 1.37 cm³/mol. The van der Waals surface area contributed by atoms with Crippen LogP contribution in [0.5, 0.6) is 0 Å². The van der Waals surface area contributed by atoms with Gasteiger partial charge in [0.05, 0.1) is 0 Å². The zero-order chi connectivity index (χ0) is 2.71. The molecule has 1 radical (unpaired) electrons. The second-order valence-corrected chi connectivity index (χ2v) is 0.344. The zero-order valence-electron chi connectivity index (χ0n) is 2.12. The Hall–Kier alpha value is 1.77. The topological polar surface area (TPSA) is 34.1 Å². The Labute approximate surface area is 69.0 Å². The van der Waals surface area contributed by atoms with Crippen LogP contribution in [-0.2, 0) is 69.8 Å². The van der Waals surface area contributed by atoms with E-state index in [0.717, 1.165) is 0 Å². The van der Waals surface area contributed by atoms with Crippen molar-refractivity contribution in [2.75, 3.05) is 0 Å². The van der Waals surface area contributed by atoms with Gasteiger partial charge < -0.3 is 0 Å². The van der Waals surface area contributed by atoms with Crippen molar-refractivity contribution >= 4 is 0 Å². The summed E-state index contributed by atoms with van der Waals surface area (Å²) >= 11 is -2.00. The first-order valence-corrected chi connectivity index (χ1v) is 1.68. The van der Waals surface area contributed by atoms with Crippen molar-refractivity contribution in [3.8, 4) is 0 Å². The summed E-state index contributed by atoms with van der Waals surface area (Å²) in [5.41, 5.74) is 0. The summed E-state index contributed by atoms with van der Waals surface area (Å²) in [7, 11) is 0. The van der Waals surface area contributed by atoms with Gasteiger partial charge in [0, 0.05) is 44.1 Å². The molecule has 0 saturated carbocycles. The molecule has 0 N–H and O–H groups in total. The van der Waals surface area contributed by atoms with Crippen LogP contribution in [0.3, 0.4) is 0 Å². The van der Waals surface area contributed by atoms with Gasteiger partial charge in [0.25, 0.3) is 0 Å². The van der Waals surface area contributed by atoms with E-state index in [-0.39, 0.29) is 44.1 Å². The van der Waals surface area contributed by atoms with Gasteiger partial charge >= 0.3 is 25.7 Å². The van der Waals surface area contributed by atoms with E-state index in [0.29, 0.717) is 0 Å². The largest absolute Gasteiger partial charge is 0 e. The van der Waals surface area contributed by atoms with Crippen molar-refractivity contribution in [1.82, 2.24) is 0 Å². The Morgan fingerprint density at radius 1 is 1.20 bits per heavy atom. The fourth-order valence-corrected chi connectivity index (χ4v) is 0. The first-order valence-electron chi connectivity index (χ1n) is 0.408. The summed E-state index contributed by atoms with van der Waals surface area (Å²) in [4.78, 5) is 0. The van der Waals surface area contributed by atoms with E-state index in [9.17, 15) is 0 Å². The SMILES string of the molecule is [Ag].[O]=[Ti]=[O].[Ti]. The minimum Gasteiger partial charge on any atom is 0 e. The fraction of sp³-hybridized carbons (Fsp3) is 0. The average molecular weight is 236 g/mol. The van der Waals surface area contributed by atoms with Gasteiger partial charge in [-0.15, -0.1) is 0 Å². The molecule has 0 bridgehead atoms. The second-order valence-electron chi connectivity index (χ2n) is 0.0833. The van der Waals surface area contributed by atoms with Gasteiger partial charge in [0.1, 0.15) is 0 Å². The Kier molecular flexibility index (Phi) is 54.3. The standard InChI is InChI=1S/Ag.2O.2Ti. The van der Waals surface area contributed by atoms with Crippen molar-refractivity contribution < 1.29 is 69.8 Å². The minimum absolute atomic E-state index is 0. The molecule has 0 atom stereocenters. The van der Waals surface area contributed by atoms with Crippen LogP contribution >= 0.6 is 0 Å². The normalized spacial score (nSPS) is 1.60. The fourth-order valence-electron chi connectivity index (χ4n) is 0. The molecule has 0 heterocycles. The van der Waals surface area contributed by atoms with E-state index in [1.165, 1.54) is 0 Å². The average Bonchev–Trinajstić information content (AvgIpc) is 0.918. The second kappa shape index (κ2) is 17.1. The Bertz CT molecular complexity index is 28.6. The summed E-state index contributed by atoms with van der Waals surface area (Å²) in [5.74, 6) is 0. The predicted octanol–water partition coefficient (Wildman–Crippen LogP) is -0.245. The van der Waals surface area contributed by atoms with E-state index < -0.39 is 19.1 Å². The van der Waals surface area contributed by atoms with Crippen LogP contribution in [0.1, 0.15) is 0 Å². The molecule has 0 aromatic carbocycles. The third kappa shape index (κ3) is 26.2. The number of hydrogen-bond donors (Lipinski definition) is 0. The molecular formula is AgO2Ti2. The first-order chi connectivity index (χ1) is 1.41. The van der Waals surface area contributed by atoms with Gasteiger partial charge in [-0.1, -0.05) is 0 Å². The molecule has 0 aliphatic carbocycles. The maximum absolute atomic E-state index is 8.50. The van der Waals surface area contributed by atoms with Gasteiger partial charge in [-0.05, 0) is 0 Å². The zero-order valence-corrected chi connectivity index (χ0v) is 6.72. The summed E-state index contributed by atoms with van der Waals surface area (Å²) in [6.07, 6.45) is 0. The molecule has 0 spiro atoms. The third-order valence-corrected chi connectivity index (χ3v) is 0. The summed E-state index contributed by atoms with van der Waals surface area (Å²) in [5, 5.41) is 0. The Balaban J connectivity index is -0.0000000200. The summed E-state index contributed by atoms with van der Waals surface area (Å²) < 4.78 is 17.0. The Morgan fingerprint density at radius 2 is 1.20 bits per heavy atom. The van der Waals surface area contributed by atoms with Gasteiger partial charge in [-0.2, -0.15) is 0 Å². The molecular weight excluding hydrogens is 236 g/mol. The molecule has 0 aromatic rings. The van der Waals surface area contributed by atoms with Crippen molar-refractivity contribution in [2.45, 2.75) is 0 Å². The van der Waals surface area contributed by atoms with E-state index in [2.05, 4.69) is 0 Å². The van der Waals surface area contributed by atoms with Crippen molar-refractivity contribution in [3.05, 3.63) is 0 Å². The number of hydrogen-bond acceptors (Lipinski definition) is 2. The molecule has 0 aliphatic rings. The van der Waals surface area contributed by atoms with Gasteiger partial charge in [-0.25, -0.2) is 0 Å². The quantitative estimate of drug-likeness (QED) is 0.543. The number of rotatable bonds is 0. The molecule has 2 nitrogen and oxygen atoms in total. The molecule has 0 rings (SSSR count). The van der Waals surface area contributed by atoms with Gasteiger partial charge in [0.15, 0.2) is 0 Å². The molecule has 0 fully saturated rings. The van der Waals surface area contributed by atoms with E-state index >= 15 is 0 Å². The summed E-state index contributed by atoms with van der Waals surface area (Å²) in [6.45, 7) is 0. The van der Waals surface area contributed by atoms with Crippen LogP contribution in [0.25, 0.3) is 0 Å². The van der Waals surface area contributed by atoms with E-state index in [4.69, 9.17) is 6.65 Å². The van der Waals surface area contributed by atoms with Crippen LogP contribution in [0.2, 0.25) is 0 Å². The first kappa shape index (κ1) is 15.9. The van der Waals surface area contributed by atoms with E-state index in [1.54, 1.807) is 0 Å². The van der Waals surface area contributed by atoms with Crippen LogP contribution < -0.4 is 0 Å². The van der Waals surface area contributed by atoms with Crippen LogP contribution in [0.15, 0.2) is 0 Å². The maximum Gasteiger partial charge on any atom is 0 e. The maximum atomic E-state index is 8.50. The molecule has 5 heavy (non-hydrogen) atoms. The molecule has 0 saturated heterocycles. The van der Waals surface area contributed by atoms with Crippen LogP contribution in [0, 0.1) is 0 Å². The molecule has 5 heteroatoms. The Morgan fingerprint density at radius 3 is 1.20 bits per heavy atom. The van der Waals surface area contributed by atoms with Crippen molar-refractivity contribution in [2.24, 2.45) is 0 Å². The summed E-state index contributed by atoms with van der Waals surface area (Å²) in [6, 6.07) is 0. The van der Waals surface area contributed by atoms with E-state index in [1.807, 2.05) is 0 Å². The monoisotopic (exact) mass is 235 g/mol. The van der Waals surface area contributed by atoms with Gasteiger partial charge in [-0.3, -0.25) is 0 Å². The van der Waals surface area contributed by atoms with Crippen molar-refractivity contribution in [1.29, 1.82) is 0 Å². The van der Waals surface area contributed by atoms with Gasteiger partial charge in [0.2, 0.25) is 0 Å². The molecule has 0 unspecified atom stereocenters. The van der Waals surface area contributed by atoms with Crippen LogP contribution in [-0.4, -0.2) is 0 Å². The molecule has 31 valence electrons.